The summed E-state index contributed by atoms with van der Waals surface area (Å²) >= 11 is 0. The van der Waals surface area contributed by atoms with Crippen LogP contribution >= 0.6 is 0 Å². The number of ether oxygens (including phenoxy) is 1. The summed E-state index contributed by atoms with van der Waals surface area (Å²) in [6.07, 6.45) is 5.50. The molecule has 0 radical (unpaired) electrons. The Hall–Kier alpha value is -1.13. The molecule has 1 saturated heterocycles. The van der Waals surface area contributed by atoms with Crippen LogP contribution in [0.25, 0.3) is 0 Å². The second kappa shape index (κ2) is 6.16. The third-order valence-electron chi connectivity index (χ3n) is 3.26. The predicted molar refractivity (Wildman–Crippen MR) is 73.8 cm³/mol. The van der Waals surface area contributed by atoms with Crippen molar-refractivity contribution in [2.75, 3.05) is 25.1 Å². The molecular weight excluding hydrogens is 226 g/mol. The van der Waals surface area contributed by atoms with Gasteiger partial charge in [0.15, 0.2) is 0 Å². The van der Waals surface area contributed by atoms with E-state index in [1.54, 1.807) is 0 Å². The zero-order valence-electron chi connectivity index (χ0n) is 11.3. The molecule has 1 fully saturated rings. The van der Waals surface area contributed by atoms with Crippen molar-refractivity contribution in [3.8, 4) is 0 Å². The van der Waals surface area contributed by atoms with Crippen LogP contribution in [0, 0.1) is 0 Å². The van der Waals surface area contributed by atoms with Crippen LogP contribution in [0.5, 0.6) is 0 Å². The van der Waals surface area contributed by atoms with E-state index < -0.39 is 0 Å². The second-order valence-corrected chi connectivity index (χ2v) is 5.22. The van der Waals surface area contributed by atoms with Crippen LogP contribution in [0.1, 0.15) is 25.3 Å². The number of hydrogen-bond donors (Lipinski definition) is 1. The standard InChI is InChI=1S/C14H23N3O/c1-11(15)8-12-5-6-14(16-9-12)17(2)10-13-4-3-7-18-13/h5-6,9,11,13H,3-4,7-8,10,15H2,1-2H3. The van der Waals surface area contributed by atoms with Gasteiger partial charge in [-0.3, -0.25) is 0 Å². The van der Waals surface area contributed by atoms with E-state index in [1.807, 2.05) is 13.1 Å². The van der Waals surface area contributed by atoms with Crippen LogP contribution in [0.3, 0.4) is 0 Å². The first-order valence-electron chi connectivity index (χ1n) is 6.68. The Kier molecular flexibility index (Phi) is 4.55. The fourth-order valence-corrected chi connectivity index (χ4v) is 2.32. The fourth-order valence-electron chi connectivity index (χ4n) is 2.32. The molecule has 0 aromatic carbocycles. The predicted octanol–water partition coefficient (Wildman–Crippen LogP) is 1.59. The lowest BCUT2D eigenvalue weighted by Gasteiger charge is -2.21. The van der Waals surface area contributed by atoms with E-state index in [-0.39, 0.29) is 6.04 Å². The Morgan fingerprint density at radius 3 is 2.94 bits per heavy atom. The monoisotopic (exact) mass is 249 g/mol. The highest BCUT2D eigenvalue weighted by Crippen LogP contribution is 2.16. The Morgan fingerprint density at radius 1 is 1.56 bits per heavy atom. The minimum absolute atomic E-state index is 0.183. The van der Waals surface area contributed by atoms with Crippen molar-refractivity contribution in [3.05, 3.63) is 23.9 Å². The lowest BCUT2D eigenvalue weighted by molar-refractivity contribution is 0.116. The van der Waals surface area contributed by atoms with E-state index in [1.165, 1.54) is 12.0 Å². The molecule has 18 heavy (non-hydrogen) atoms. The quantitative estimate of drug-likeness (QED) is 0.861. The van der Waals surface area contributed by atoms with Gasteiger partial charge in [-0.15, -0.1) is 0 Å². The van der Waals surface area contributed by atoms with Crippen LogP contribution < -0.4 is 10.6 Å². The Labute approximate surface area is 109 Å². The third kappa shape index (κ3) is 3.68. The summed E-state index contributed by atoms with van der Waals surface area (Å²) in [5.74, 6) is 0.999. The second-order valence-electron chi connectivity index (χ2n) is 5.22. The first-order valence-corrected chi connectivity index (χ1v) is 6.68. The average Bonchev–Trinajstić information content (AvgIpc) is 2.82. The molecule has 0 spiro atoms. The molecule has 0 saturated carbocycles. The number of hydrogen-bond acceptors (Lipinski definition) is 4. The topological polar surface area (TPSA) is 51.4 Å². The highest BCUT2D eigenvalue weighted by atomic mass is 16.5. The van der Waals surface area contributed by atoms with Crippen molar-refractivity contribution in [2.45, 2.75) is 38.3 Å². The van der Waals surface area contributed by atoms with Crippen LogP contribution in [-0.4, -0.2) is 37.3 Å². The summed E-state index contributed by atoms with van der Waals surface area (Å²) in [6, 6.07) is 4.35. The van der Waals surface area contributed by atoms with E-state index >= 15 is 0 Å². The van der Waals surface area contributed by atoms with E-state index in [0.717, 1.165) is 31.8 Å². The molecule has 100 valence electrons. The first-order chi connectivity index (χ1) is 8.65. The molecule has 1 aromatic heterocycles. The molecule has 1 aliphatic heterocycles. The van der Waals surface area contributed by atoms with Gasteiger partial charge in [-0.1, -0.05) is 6.07 Å². The lowest BCUT2D eigenvalue weighted by atomic mass is 10.1. The van der Waals surface area contributed by atoms with Crippen LogP contribution in [0.2, 0.25) is 0 Å². The van der Waals surface area contributed by atoms with E-state index in [4.69, 9.17) is 10.5 Å². The number of nitrogens with two attached hydrogens (primary N) is 1. The van der Waals surface area contributed by atoms with Crippen molar-refractivity contribution in [2.24, 2.45) is 5.73 Å². The summed E-state index contributed by atoms with van der Waals surface area (Å²) in [5.41, 5.74) is 6.97. The number of anilines is 1. The Bertz CT molecular complexity index is 358. The van der Waals surface area contributed by atoms with Gasteiger partial charge in [0.2, 0.25) is 0 Å². The lowest BCUT2D eigenvalue weighted by Crippen LogP contribution is -2.29. The van der Waals surface area contributed by atoms with Crippen molar-refractivity contribution < 1.29 is 4.74 Å². The van der Waals surface area contributed by atoms with Crippen molar-refractivity contribution >= 4 is 5.82 Å². The maximum atomic E-state index is 5.78. The van der Waals surface area contributed by atoms with E-state index in [2.05, 4.69) is 29.1 Å². The molecule has 0 amide bonds. The summed E-state index contributed by atoms with van der Waals surface area (Å²) in [6.45, 7) is 3.83. The van der Waals surface area contributed by atoms with Gasteiger partial charge in [0, 0.05) is 32.4 Å². The molecule has 2 rings (SSSR count). The van der Waals surface area contributed by atoms with Gasteiger partial charge in [-0.05, 0) is 37.8 Å². The maximum absolute atomic E-state index is 5.78. The number of nitrogens with zero attached hydrogens (tertiary/aromatic N) is 2. The molecule has 1 aliphatic rings. The highest BCUT2D eigenvalue weighted by Gasteiger charge is 2.17. The molecular formula is C14H23N3O. The number of pyridine rings is 1. The van der Waals surface area contributed by atoms with Crippen molar-refractivity contribution in [3.63, 3.8) is 0 Å². The molecule has 0 bridgehead atoms. The fraction of sp³-hybridized carbons (Fsp3) is 0.643. The zero-order chi connectivity index (χ0) is 13.0. The molecule has 0 aliphatic carbocycles. The van der Waals surface area contributed by atoms with E-state index in [0.29, 0.717) is 6.10 Å². The molecule has 2 atom stereocenters. The minimum atomic E-state index is 0.183. The van der Waals surface area contributed by atoms with Crippen molar-refractivity contribution in [1.29, 1.82) is 0 Å². The van der Waals surface area contributed by atoms with Gasteiger partial charge in [0.1, 0.15) is 5.82 Å². The number of likely N-dealkylation sites (N-methyl/N-ethyl adjacent to an activating group) is 1. The molecule has 4 heteroatoms. The minimum Gasteiger partial charge on any atom is -0.376 e. The van der Waals surface area contributed by atoms with Gasteiger partial charge in [0.05, 0.1) is 6.10 Å². The summed E-state index contributed by atoms with van der Waals surface area (Å²) in [7, 11) is 2.06. The SMILES string of the molecule is CC(N)Cc1ccc(N(C)CC2CCCO2)nc1. The van der Waals surface area contributed by atoms with Crippen LogP contribution in [0.4, 0.5) is 5.82 Å². The van der Waals surface area contributed by atoms with Gasteiger partial charge in [-0.25, -0.2) is 4.98 Å². The largest absolute Gasteiger partial charge is 0.376 e. The van der Waals surface area contributed by atoms with E-state index in [9.17, 15) is 0 Å². The van der Waals surface area contributed by atoms with Crippen LogP contribution in [0.15, 0.2) is 18.3 Å². The molecule has 2 heterocycles. The van der Waals surface area contributed by atoms with Gasteiger partial charge in [0.25, 0.3) is 0 Å². The van der Waals surface area contributed by atoms with Gasteiger partial charge < -0.3 is 15.4 Å². The number of rotatable bonds is 5. The summed E-state index contributed by atoms with van der Waals surface area (Å²) < 4.78 is 5.64. The average molecular weight is 249 g/mol. The molecule has 2 N–H and O–H groups in total. The zero-order valence-corrected chi connectivity index (χ0v) is 11.3. The van der Waals surface area contributed by atoms with Gasteiger partial charge in [-0.2, -0.15) is 0 Å². The Morgan fingerprint density at radius 2 is 2.39 bits per heavy atom. The molecule has 4 nitrogen and oxygen atoms in total. The molecule has 1 aromatic rings. The highest BCUT2D eigenvalue weighted by molar-refractivity contribution is 5.38. The van der Waals surface area contributed by atoms with Crippen LogP contribution in [-0.2, 0) is 11.2 Å². The number of aromatic nitrogens is 1. The summed E-state index contributed by atoms with van der Waals surface area (Å²) in [5, 5.41) is 0. The third-order valence-corrected chi connectivity index (χ3v) is 3.26. The normalized spacial score (nSPS) is 20.9. The van der Waals surface area contributed by atoms with Gasteiger partial charge >= 0.3 is 0 Å². The smallest absolute Gasteiger partial charge is 0.128 e. The maximum Gasteiger partial charge on any atom is 0.128 e. The Balaban J connectivity index is 1.91. The molecule has 2 unspecified atom stereocenters. The summed E-state index contributed by atoms with van der Waals surface area (Å²) in [4.78, 5) is 6.65. The van der Waals surface area contributed by atoms with Crippen molar-refractivity contribution in [1.82, 2.24) is 4.98 Å². The first kappa shape index (κ1) is 13.3.